The van der Waals surface area contributed by atoms with E-state index in [9.17, 15) is 12.8 Å². The molecular weight excluding hydrogens is 429 g/mol. The van der Waals surface area contributed by atoms with Gasteiger partial charge in [-0.15, -0.1) is 0 Å². The molecule has 0 aromatic heterocycles. The van der Waals surface area contributed by atoms with Crippen molar-refractivity contribution in [3.05, 3.63) is 82.6 Å². The number of anilines is 1. The minimum absolute atomic E-state index is 0.0183. The van der Waals surface area contributed by atoms with Crippen molar-refractivity contribution in [2.75, 3.05) is 18.5 Å². The van der Waals surface area contributed by atoms with E-state index >= 15 is 0 Å². The molecule has 0 radical (unpaired) electrons. The van der Waals surface area contributed by atoms with E-state index in [1.165, 1.54) is 30.7 Å². The van der Waals surface area contributed by atoms with Gasteiger partial charge >= 0.3 is 0 Å². The van der Waals surface area contributed by atoms with Crippen LogP contribution in [-0.2, 0) is 16.6 Å². The predicted molar refractivity (Wildman–Crippen MR) is 116 cm³/mol. The molecule has 3 aromatic carbocycles. The molecule has 0 N–H and O–H groups in total. The van der Waals surface area contributed by atoms with E-state index in [0.717, 1.165) is 6.07 Å². The lowest BCUT2D eigenvalue weighted by Gasteiger charge is -2.25. The fourth-order valence-corrected chi connectivity index (χ4v) is 4.50. The zero-order chi connectivity index (χ0) is 21.9. The first kappa shape index (κ1) is 21.9. The van der Waals surface area contributed by atoms with Crippen LogP contribution in [0.5, 0.6) is 11.5 Å². The van der Waals surface area contributed by atoms with Crippen LogP contribution in [0.15, 0.2) is 65.6 Å². The molecule has 0 saturated heterocycles. The molecule has 158 valence electrons. The summed E-state index contributed by atoms with van der Waals surface area (Å²) in [5.41, 5.74) is 1.43. The van der Waals surface area contributed by atoms with Crippen LogP contribution in [-0.4, -0.2) is 22.6 Å². The second kappa shape index (κ2) is 8.93. The molecule has 5 nitrogen and oxygen atoms in total. The topological polar surface area (TPSA) is 55.8 Å². The molecule has 3 rings (SSSR count). The first-order valence-electron chi connectivity index (χ1n) is 9.01. The normalized spacial score (nSPS) is 11.2. The van der Waals surface area contributed by atoms with Crippen LogP contribution in [0.1, 0.15) is 11.1 Å². The number of benzene rings is 3. The van der Waals surface area contributed by atoms with Crippen molar-refractivity contribution in [1.82, 2.24) is 0 Å². The van der Waals surface area contributed by atoms with Crippen molar-refractivity contribution in [2.24, 2.45) is 0 Å². The van der Waals surface area contributed by atoms with E-state index in [4.69, 9.17) is 21.1 Å². The van der Waals surface area contributed by atoms with Crippen LogP contribution in [0.4, 0.5) is 10.1 Å². The van der Waals surface area contributed by atoms with Gasteiger partial charge in [0.15, 0.2) is 11.5 Å². The number of rotatable bonds is 7. The molecule has 0 unspecified atom stereocenters. The zero-order valence-corrected chi connectivity index (χ0v) is 18.3. The van der Waals surface area contributed by atoms with Crippen LogP contribution >= 0.6 is 11.6 Å². The SMILES string of the molecule is COc1ccc(N(Cc2ccc(Cl)cc2)S(=O)(=O)c2ccc(C)c(F)c2)cc1OC. The Morgan fingerprint density at radius 2 is 1.60 bits per heavy atom. The lowest BCUT2D eigenvalue weighted by atomic mass is 10.2. The second-order valence-electron chi connectivity index (χ2n) is 6.59. The minimum atomic E-state index is -4.08. The average Bonchev–Trinajstić information content (AvgIpc) is 2.74. The summed E-state index contributed by atoms with van der Waals surface area (Å²) in [4.78, 5) is -0.144. The fraction of sp³-hybridized carbons (Fsp3) is 0.182. The van der Waals surface area contributed by atoms with Gasteiger partial charge in [-0.1, -0.05) is 29.8 Å². The Labute approximate surface area is 180 Å². The number of hydrogen-bond donors (Lipinski definition) is 0. The van der Waals surface area contributed by atoms with Crippen LogP contribution < -0.4 is 13.8 Å². The Balaban J connectivity index is 2.13. The maximum atomic E-state index is 14.1. The largest absolute Gasteiger partial charge is 0.493 e. The van der Waals surface area contributed by atoms with Crippen molar-refractivity contribution >= 4 is 27.3 Å². The van der Waals surface area contributed by atoms with Crippen LogP contribution in [0.3, 0.4) is 0 Å². The molecule has 0 fully saturated rings. The third-order valence-corrected chi connectivity index (χ3v) is 6.65. The molecule has 0 aliphatic rings. The molecule has 30 heavy (non-hydrogen) atoms. The number of nitrogens with zero attached hydrogens (tertiary/aromatic N) is 1. The van der Waals surface area contributed by atoms with Crippen molar-refractivity contribution in [3.63, 3.8) is 0 Å². The Bertz CT molecular complexity index is 1150. The van der Waals surface area contributed by atoms with Gasteiger partial charge in [0.05, 0.1) is 31.3 Å². The predicted octanol–water partition coefficient (Wildman–Crippen LogP) is 5.20. The maximum Gasteiger partial charge on any atom is 0.264 e. The molecule has 0 aliphatic carbocycles. The second-order valence-corrected chi connectivity index (χ2v) is 8.89. The number of sulfonamides is 1. The van der Waals surface area contributed by atoms with Crippen LogP contribution in [0.2, 0.25) is 5.02 Å². The minimum Gasteiger partial charge on any atom is -0.493 e. The highest BCUT2D eigenvalue weighted by Gasteiger charge is 2.27. The summed E-state index contributed by atoms with van der Waals surface area (Å²) in [6.45, 7) is 1.59. The third-order valence-electron chi connectivity index (χ3n) is 4.63. The smallest absolute Gasteiger partial charge is 0.264 e. The van der Waals surface area contributed by atoms with Crippen molar-refractivity contribution in [1.29, 1.82) is 0 Å². The Morgan fingerprint density at radius 3 is 2.20 bits per heavy atom. The summed E-state index contributed by atoms with van der Waals surface area (Å²) < 4.78 is 52.9. The molecule has 0 aliphatic heterocycles. The molecule has 0 bridgehead atoms. The van der Waals surface area contributed by atoms with Crippen molar-refractivity contribution in [2.45, 2.75) is 18.4 Å². The number of methoxy groups -OCH3 is 2. The monoisotopic (exact) mass is 449 g/mol. The van der Waals surface area contributed by atoms with Gasteiger partial charge in [-0.2, -0.15) is 0 Å². The maximum absolute atomic E-state index is 14.1. The van der Waals surface area contributed by atoms with Gasteiger partial charge < -0.3 is 9.47 Å². The van der Waals surface area contributed by atoms with Gasteiger partial charge in [0, 0.05) is 11.1 Å². The van der Waals surface area contributed by atoms with Crippen LogP contribution in [0, 0.1) is 12.7 Å². The molecule has 0 spiro atoms. The molecule has 0 atom stereocenters. The molecule has 3 aromatic rings. The Hall–Kier alpha value is -2.77. The number of aryl methyl sites for hydroxylation is 1. The summed E-state index contributed by atoms with van der Waals surface area (Å²) in [6, 6.07) is 15.5. The molecule has 0 amide bonds. The van der Waals surface area contributed by atoms with E-state index in [2.05, 4.69) is 0 Å². The third kappa shape index (κ3) is 4.52. The van der Waals surface area contributed by atoms with Gasteiger partial charge in [0.25, 0.3) is 10.0 Å². The highest BCUT2D eigenvalue weighted by molar-refractivity contribution is 7.92. The Kier molecular flexibility index (Phi) is 6.53. The highest BCUT2D eigenvalue weighted by Crippen LogP contribution is 2.35. The number of hydrogen-bond acceptors (Lipinski definition) is 4. The summed E-state index contributed by atoms with van der Waals surface area (Å²) in [5.74, 6) is 0.252. The fourth-order valence-electron chi connectivity index (χ4n) is 2.91. The van der Waals surface area contributed by atoms with Crippen molar-refractivity contribution < 1.29 is 22.3 Å². The molecule has 0 heterocycles. The lowest BCUT2D eigenvalue weighted by molar-refractivity contribution is 0.355. The standard InChI is InChI=1S/C22H21ClFNO4S/c1-15-4-10-19(13-20(15)24)30(26,27)25(14-16-5-7-17(23)8-6-16)18-9-11-21(28-2)22(12-18)29-3/h4-13H,14H2,1-3H3. The number of ether oxygens (including phenoxy) is 2. The van der Waals surface area contributed by atoms with Crippen LogP contribution in [0.25, 0.3) is 0 Å². The van der Waals surface area contributed by atoms with Gasteiger partial charge in [0.2, 0.25) is 0 Å². The van der Waals surface area contributed by atoms with Crippen molar-refractivity contribution in [3.8, 4) is 11.5 Å². The van der Waals surface area contributed by atoms with E-state index < -0.39 is 15.8 Å². The Morgan fingerprint density at radius 1 is 0.933 bits per heavy atom. The average molecular weight is 450 g/mol. The molecule has 8 heteroatoms. The molecular formula is C22H21ClFNO4S. The van der Waals surface area contributed by atoms with Gasteiger partial charge in [-0.05, 0) is 54.4 Å². The van der Waals surface area contributed by atoms with E-state index in [-0.39, 0.29) is 11.4 Å². The van der Waals surface area contributed by atoms with E-state index in [0.29, 0.717) is 33.3 Å². The summed E-state index contributed by atoms with van der Waals surface area (Å²) >= 11 is 5.95. The summed E-state index contributed by atoms with van der Waals surface area (Å²) in [6.07, 6.45) is 0. The first-order chi connectivity index (χ1) is 14.3. The summed E-state index contributed by atoms with van der Waals surface area (Å²) in [7, 11) is -1.12. The van der Waals surface area contributed by atoms with Gasteiger partial charge in [-0.3, -0.25) is 4.31 Å². The van der Waals surface area contributed by atoms with Gasteiger partial charge in [-0.25, -0.2) is 12.8 Å². The highest BCUT2D eigenvalue weighted by atomic mass is 35.5. The van der Waals surface area contributed by atoms with E-state index in [1.807, 2.05) is 0 Å². The van der Waals surface area contributed by atoms with Gasteiger partial charge in [0.1, 0.15) is 5.82 Å². The quantitative estimate of drug-likeness (QED) is 0.497. The number of halogens is 2. The lowest BCUT2D eigenvalue weighted by Crippen LogP contribution is -2.30. The summed E-state index contributed by atoms with van der Waals surface area (Å²) in [5, 5.41) is 0.542. The van der Waals surface area contributed by atoms with E-state index in [1.54, 1.807) is 49.4 Å². The zero-order valence-electron chi connectivity index (χ0n) is 16.7. The first-order valence-corrected chi connectivity index (χ1v) is 10.8. The molecule has 0 saturated carbocycles.